The van der Waals surface area contributed by atoms with Crippen LogP contribution in [0.5, 0.6) is 0 Å². The van der Waals surface area contributed by atoms with Crippen molar-refractivity contribution in [2.75, 3.05) is 0 Å². The first-order valence-electron chi connectivity index (χ1n) is 3.44. The van der Waals surface area contributed by atoms with E-state index in [1.165, 1.54) is 6.07 Å². The van der Waals surface area contributed by atoms with Gasteiger partial charge in [0.05, 0.1) is 0 Å². The van der Waals surface area contributed by atoms with E-state index in [1.807, 2.05) is 13.8 Å². The van der Waals surface area contributed by atoms with Gasteiger partial charge in [0.2, 0.25) is 5.76 Å². The molecule has 0 spiro atoms. The molecule has 0 fully saturated rings. The molecule has 1 heterocycles. The van der Waals surface area contributed by atoms with Gasteiger partial charge in [0.25, 0.3) is 0 Å². The molecule has 12 heavy (non-hydrogen) atoms. The Kier molecular flexibility index (Phi) is 4.08. The zero-order valence-corrected chi connectivity index (χ0v) is 8.18. The zero-order valence-electron chi connectivity index (χ0n) is 6.90. The number of carbonyl (C=O) groups is 1. The molecule has 1 aromatic rings. The van der Waals surface area contributed by atoms with E-state index in [4.69, 9.17) is 9.52 Å². The van der Waals surface area contributed by atoms with Crippen molar-refractivity contribution in [1.82, 2.24) is 0 Å². The summed E-state index contributed by atoms with van der Waals surface area (Å²) in [5, 5.41) is 8.49. The van der Waals surface area contributed by atoms with Crippen LogP contribution in [0.1, 0.15) is 36.1 Å². The number of furan rings is 1. The molecular formula is C8H10CrO3. The second-order valence-electron chi connectivity index (χ2n) is 2.66. The summed E-state index contributed by atoms with van der Waals surface area (Å²) in [6, 6.07) is 3.16. The summed E-state index contributed by atoms with van der Waals surface area (Å²) in [5.74, 6) is -0.0592. The fourth-order valence-corrected chi connectivity index (χ4v) is 0.778. The normalized spacial score (nSPS) is 9.58. The molecule has 0 saturated carbocycles. The molecule has 0 radical (unpaired) electrons. The fourth-order valence-electron chi connectivity index (χ4n) is 0.778. The SMILES string of the molecule is CC(C)c1ccc(C(=O)O)o1.[Cr]. The smallest absolute Gasteiger partial charge is 0.371 e. The van der Waals surface area contributed by atoms with Crippen molar-refractivity contribution in [2.45, 2.75) is 19.8 Å². The molecule has 0 aliphatic rings. The van der Waals surface area contributed by atoms with Crippen molar-refractivity contribution in [3.8, 4) is 0 Å². The van der Waals surface area contributed by atoms with Crippen LogP contribution in [0.4, 0.5) is 0 Å². The van der Waals surface area contributed by atoms with Crippen molar-refractivity contribution in [3.05, 3.63) is 23.7 Å². The third-order valence-corrected chi connectivity index (χ3v) is 1.41. The maximum Gasteiger partial charge on any atom is 0.371 e. The Morgan fingerprint density at radius 1 is 1.50 bits per heavy atom. The Labute approximate surface area is 81.5 Å². The van der Waals surface area contributed by atoms with Crippen molar-refractivity contribution < 1.29 is 31.7 Å². The predicted octanol–water partition coefficient (Wildman–Crippen LogP) is 2.10. The topological polar surface area (TPSA) is 50.4 Å². The van der Waals surface area contributed by atoms with Gasteiger partial charge >= 0.3 is 5.97 Å². The zero-order chi connectivity index (χ0) is 8.43. The maximum atomic E-state index is 10.3. The summed E-state index contributed by atoms with van der Waals surface area (Å²) in [4.78, 5) is 10.3. The number of hydrogen-bond acceptors (Lipinski definition) is 2. The summed E-state index contributed by atoms with van der Waals surface area (Å²) in [6.45, 7) is 3.90. The molecule has 0 saturated heterocycles. The summed E-state index contributed by atoms with van der Waals surface area (Å²) in [6.07, 6.45) is 0. The minimum absolute atomic E-state index is 0. The Morgan fingerprint density at radius 3 is 2.33 bits per heavy atom. The van der Waals surface area contributed by atoms with E-state index in [0.717, 1.165) is 0 Å². The van der Waals surface area contributed by atoms with Gasteiger partial charge in [0.15, 0.2) is 0 Å². The van der Waals surface area contributed by atoms with Crippen LogP contribution in [-0.2, 0) is 17.4 Å². The maximum absolute atomic E-state index is 10.3. The third-order valence-electron chi connectivity index (χ3n) is 1.41. The minimum atomic E-state index is -1.02. The molecule has 0 bridgehead atoms. The van der Waals surface area contributed by atoms with Crippen LogP contribution < -0.4 is 0 Å². The van der Waals surface area contributed by atoms with E-state index in [1.54, 1.807) is 6.07 Å². The van der Waals surface area contributed by atoms with Crippen molar-refractivity contribution in [1.29, 1.82) is 0 Å². The van der Waals surface area contributed by atoms with E-state index >= 15 is 0 Å². The van der Waals surface area contributed by atoms with Gasteiger partial charge in [-0.25, -0.2) is 4.79 Å². The molecule has 3 nitrogen and oxygen atoms in total. The van der Waals surface area contributed by atoms with Gasteiger partial charge in [-0.15, -0.1) is 0 Å². The molecule has 0 atom stereocenters. The molecule has 66 valence electrons. The molecule has 4 heteroatoms. The first kappa shape index (κ1) is 11.3. The summed E-state index contributed by atoms with van der Waals surface area (Å²) in [5.41, 5.74) is 0. The van der Waals surface area contributed by atoms with Gasteiger partial charge < -0.3 is 9.52 Å². The second kappa shape index (κ2) is 4.34. The van der Waals surface area contributed by atoms with E-state index in [9.17, 15) is 4.79 Å². The third kappa shape index (κ3) is 2.40. The van der Waals surface area contributed by atoms with Crippen molar-refractivity contribution in [2.24, 2.45) is 0 Å². The summed E-state index contributed by atoms with van der Waals surface area (Å²) in [7, 11) is 0. The van der Waals surface area contributed by atoms with Crippen LogP contribution in [0.25, 0.3) is 0 Å². The van der Waals surface area contributed by atoms with E-state index in [-0.39, 0.29) is 29.0 Å². The van der Waals surface area contributed by atoms with Crippen LogP contribution in [0, 0.1) is 0 Å². The minimum Gasteiger partial charge on any atom is -0.475 e. The van der Waals surface area contributed by atoms with Gasteiger partial charge in [-0.2, -0.15) is 0 Å². The van der Waals surface area contributed by atoms with Gasteiger partial charge in [-0.1, -0.05) is 13.8 Å². The molecule has 0 amide bonds. The summed E-state index contributed by atoms with van der Waals surface area (Å²) < 4.78 is 5.01. The molecule has 1 aromatic heterocycles. The Morgan fingerprint density at radius 2 is 2.08 bits per heavy atom. The molecular weight excluding hydrogens is 196 g/mol. The number of rotatable bonds is 2. The molecule has 1 rings (SSSR count). The monoisotopic (exact) mass is 206 g/mol. The largest absolute Gasteiger partial charge is 0.475 e. The van der Waals surface area contributed by atoms with Crippen molar-refractivity contribution in [3.63, 3.8) is 0 Å². The first-order chi connectivity index (χ1) is 5.11. The first-order valence-corrected chi connectivity index (χ1v) is 3.44. The fraction of sp³-hybridized carbons (Fsp3) is 0.375. The predicted molar refractivity (Wildman–Crippen MR) is 39.8 cm³/mol. The molecule has 1 N–H and O–H groups in total. The van der Waals surface area contributed by atoms with Crippen LogP contribution in [0.15, 0.2) is 16.5 Å². The van der Waals surface area contributed by atoms with Gasteiger partial charge in [0.1, 0.15) is 5.76 Å². The average Bonchev–Trinajstić information content (AvgIpc) is 2.33. The standard InChI is InChI=1S/C8H10O3.Cr/c1-5(2)6-3-4-7(11-6)8(9)10;/h3-5H,1-2H3,(H,9,10);. The van der Waals surface area contributed by atoms with Crippen LogP contribution in [0.3, 0.4) is 0 Å². The molecule has 0 unspecified atom stereocenters. The van der Waals surface area contributed by atoms with Crippen LogP contribution >= 0.6 is 0 Å². The number of carboxylic acid groups (broad SMARTS) is 1. The van der Waals surface area contributed by atoms with Gasteiger partial charge in [-0.05, 0) is 12.1 Å². The number of hydrogen-bond donors (Lipinski definition) is 1. The molecule has 0 aliphatic heterocycles. The van der Waals surface area contributed by atoms with E-state index in [2.05, 4.69) is 0 Å². The van der Waals surface area contributed by atoms with Crippen LogP contribution in [0.2, 0.25) is 0 Å². The van der Waals surface area contributed by atoms with Gasteiger partial charge in [-0.3, -0.25) is 0 Å². The molecule has 0 aromatic carbocycles. The Balaban J connectivity index is 0.00000121. The number of carboxylic acids is 1. The van der Waals surface area contributed by atoms with E-state index in [0.29, 0.717) is 5.76 Å². The van der Waals surface area contributed by atoms with Gasteiger partial charge in [0, 0.05) is 23.3 Å². The summed E-state index contributed by atoms with van der Waals surface area (Å²) >= 11 is 0. The van der Waals surface area contributed by atoms with E-state index < -0.39 is 5.97 Å². The average molecular weight is 206 g/mol. The Hall–Kier alpha value is -0.718. The molecule has 0 aliphatic carbocycles. The number of aromatic carboxylic acids is 1. The Bertz CT molecular complexity index is 265. The van der Waals surface area contributed by atoms with Crippen LogP contribution in [-0.4, -0.2) is 11.1 Å². The quantitative estimate of drug-likeness (QED) is 0.806. The second-order valence-corrected chi connectivity index (χ2v) is 2.66. The van der Waals surface area contributed by atoms with Crippen molar-refractivity contribution >= 4 is 5.97 Å².